The molecule has 4 heteroatoms. The number of nitriles is 1. The molecule has 0 radical (unpaired) electrons. The number of nitrogens with zero attached hydrogens (tertiary/aromatic N) is 4. The van der Waals surface area contributed by atoms with Crippen LogP contribution in [0.2, 0.25) is 0 Å². The Kier molecular flexibility index (Phi) is 3.86. The van der Waals surface area contributed by atoms with Gasteiger partial charge in [0.2, 0.25) is 5.95 Å². The van der Waals surface area contributed by atoms with Crippen molar-refractivity contribution in [3.63, 3.8) is 0 Å². The first-order chi connectivity index (χ1) is 6.75. The van der Waals surface area contributed by atoms with Crippen LogP contribution in [0.5, 0.6) is 0 Å². The lowest BCUT2D eigenvalue weighted by Crippen LogP contribution is -2.33. The first-order valence-corrected chi connectivity index (χ1v) is 4.66. The molecule has 1 rings (SSSR count). The highest BCUT2D eigenvalue weighted by Gasteiger charge is 2.11. The monoisotopic (exact) mass is 190 g/mol. The van der Waals surface area contributed by atoms with Gasteiger partial charge in [-0.15, -0.1) is 0 Å². The van der Waals surface area contributed by atoms with Crippen molar-refractivity contribution >= 4 is 5.95 Å². The Bertz CT molecular complexity index is 302. The molecule has 1 heterocycles. The lowest BCUT2D eigenvalue weighted by Gasteiger charge is -2.25. The minimum absolute atomic E-state index is 0.311. The van der Waals surface area contributed by atoms with Gasteiger partial charge in [0.1, 0.15) is 0 Å². The smallest absolute Gasteiger partial charge is 0.225 e. The highest BCUT2D eigenvalue weighted by molar-refractivity contribution is 5.29. The van der Waals surface area contributed by atoms with Gasteiger partial charge in [-0.1, -0.05) is 0 Å². The molecule has 0 saturated carbocycles. The second-order valence-corrected chi connectivity index (χ2v) is 3.24. The molecule has 0 aliphatic heterocycles. The van der Waals surface area contributed by atoms with Crippen molar-refractivity contribution in [2.24, 2.45) is 0 Å². The third-order valence-electron chi connectivity index (χ3n) is 1.90. The van der Waals surface area contributed by atoms with Gasteiger partial charge in [-0.05, 0) is 19.9 Å². The summed E-state index contributed by atoms with van der Waals surface area (Å²) >= 11 is 0. The van der Waals surface area contributed by atoms with Crippen LogP contribution in [0.15, 0.2) is 18.5 Å². The molecule has 0 bridgehead atoms. The summed E-state index contributed by atoms with van der Waals surface area (Å²) < 4.78 is 0. The maximum atomic E-state index is 8.53. The Balaban J connectivity index is 2.74. The Morgan fingerprint density at radius 2 is 2.07 bits per heavy atom. The predicted octanol–water partition coefficient (Wildman–Crippen LogP) is 1.61. The number of rotatable bonds is 4. The first-order valence-electron chi connectivity index (χ1n) is 4.66. The second-order valence-electron chi connectivity index (χ2n) is 3.24. The standard InChI is InChI=1S/C10H14N4/c1-9(2)14(8-3-5-11)10-12-6-4-7-13-10/h4,6-7,9H,3,8H2,1-2H3. The molecule has 0 aromatic carbocycles. The summed E-state index contributed by atoms with van der Waals surface area (Å²) in [6, 6.07) is 4.22. The molecule has 0 unspecified atom stereocenters. The van der Waals surface area contributed by atoms with Crippen LogP contribution in [0.4, 0.5) is 5.95 Å². The van der Waals surface area contributed by atoms with Gasteiger partial charge in [-0.2, -0.15) is 5.26 Å². The summed E-state index contributed by atoms with van der Waals surface area (Å²) in [4.78, 5) is 10.3. The Morgan fingerprint density at radius 1 is 1.43 bits per heavy atom. The quantitative estimate of drug-likeness (QED) is 0.723. The highest BCUT2D eigenvalue weighted by Crippen LogP contribution is 2.09. The number of anilines is 1. The summed E-state index contributed by atoms with van der Waals surface area (Å²) in [6.07, 6.45) is 3.92. The molecule has 0 N–H and O–H groups in total. The minimum Gasteiger partial charge on any atom is -0.337 e. The van der Waals surface area contributed by atoms with Crippen molar-refractivity contribution in [3.8, 4) is 6.07 Å². The lowest BCUT2D eigenvalue weighted by molar-refractivity contribution is 0.665. The number of hydrogen-bond donors (Lipinski definition) is 0. The fraction of sp³-hybridized carbons (Fsp3) is 0.500. The van der Waals surface area contributed by atoms with Crippen LogP contribution in [-0.4, -0.2) is 22.6 Å². The molecule has 0 spiro atoms. The maximum absolute atomic E-state index is 8.53. The SMILES string of the molecule is CC(C)N(CCC#N)c1ncccn1. The van der Waals surface area contributed by atoms with Crippen LogP contribution < -0.4 is 4.90 Å². The molecule has 1 aromatic heterocycles. The Labute approximate surface area is 84.2 Å². The summed E-state index contributed by atoms with van der Waals surface area (Å²) in [7, 11) is 0. The van der Waals surface area contributed by atoms with Crippen LogP contribution in [0.3, 0.4) is 0 Å². The van der Waals surface area contributed by atoms with Crippen molar-refractivity contribution < 1.29 is 0 Å². The fourth-order valence-corrected chi connectivity index (χ4v) is 1.20. The molecule has 74 valence electrons. The maximum Gasteiger partial charge on any atom is 0.225 e. The van der Waals surface area contributed by atoms with Gasteiger partial charge in [0.05, 0.1) is 12.5 Å². The van der Waals surface area contributed by atoms with Gasteiger partial charge in [-0.3, -0.25) is 0 Å². The van der Waals surface area contributed by atoms with E-state index in [0.717, 1.165) is 0 Å². The van der Waals surface area contributed by atoms with E-state index in [2.05, 4.69) is 29.9 Å². The molecule has 0 amide bonds. The van der Waals surface area contributed by atoms with Crippen molar-refractivity contribution in [3.05, 3.63) is 18.5 Å². The molecule has 0 saturated heterocycles. The van der Waals surface area contributed by atoms with Gasteiger partial charge in [0, 0.05) is 25.0 Å². The van der Waals surface area contributed by atoms with E-state index in [-0.39, 0.29) is 0 Å². The third-order valence-corrected chi connectivity index (χ3v) is 1.90. The Morgan fingerprint density at radius 3 is 2.57 bits per heavy atom. The lowest BCUT2D eigenvalue weighted by atomic mass is 10.3. The van der Waals surface area contributed by atoms with E-state index in [0.29, 0.717) is 25.0 Å². The highest BCUT2D eigenvalue weighted by atomic mass is 15.3. The summed E-state index contributed by atoms with van der Waals surface area (Å²) in [5, 5.41) is 8.53. The average Bonchev–Trinajstić information content (AvgIpc) is 2.19. The van der Waals surface area contributed by atoms with Gasteiger partial charge in [-0.25, -0.2) is 9.97 Å². The van der Waals surface area contributed by atoms with Crippen LogP contribution in [0.1, 0.15) is 20.3 Å². The van der Waals surface area contributed by atoms with Gasteiger partial charge in [0.25, 0.3) is 0 Å². The molecule has 1 aromatic rings. The topological polar surface area (TPSA) is 52.8 Å². The van der Waals surface area contributed by atoms with Crippen molar-refractivity contribution in [2.45, 2.75) is 26.3 Å². The van der Waals surface area contributed by atoms with Gasteiger partial charge < -0.3 is 4.90 Å². The summed E-state index contributed by atoms with van der Waals surface area (Å²) in [5.41, 5.74) is 0. The van der Waals surface area contributed by atoms with E-state index in [9.17, 15) is 0 Å². The van der Waals surface area contributed by atoms with Crippen LogP contribution in [0, 0.1) is 11.3 Å². The molecule has 4 nitrogen and oxygen atoms in total. The van der Waals surface area contributed by atoms with E-state index >= 15 is 0 Å². The number of aromatic nitrogens is 2. The second kappa shape index (κ2) is 5.18. The molecular weight excluding hydrogens is 176 g/mol. The van der Waals surface area contributed by atoms with E-state index in [1.54, 1.807) is 18.5 Å². The predicted molar refractivity (Wildman–Crippen MR) is 54.7 cm³/mol. The zero-order chi connectivity index (χ0) is 10.4. The fourth-order valence-electron chi connectivity index (χ4n) is 1.20. The van der Waals surface area contributed by atoms with Crippen molar-refractivity contribution in [2.75, 3.05) is 11.4 Å². The van der Waals surface area contributed by atoms with Crippen LogP contribution in [-0.2, 0) is 0 Å². The first kappa shape index (κ1) is 10.5. The van der Waals surface area contributed by atoms with Crippen molar-refractivity contribution in [1.82, 2.24) is 9.97 Å². The Hall–Kier alpha value is -1.63. The van der Waals surface area contributed by atoms with Gasteiger partial charge in [0.15, 0.2) is 0 Å². The van der Waals surface area contributed by atoms with E-state index in [1.165, 1.54) is 0 Å². The van der Waals surface area contributed by atoms with E-state index in [1.807, 2.05) is 4.90 Å². The van der Waals surface area contributed by atoms with E-state index < -0.39 is 0 Å². The largest absolute Gasteiger partial charge is 0.337 e. The molecule has 0 fully saturated rings. The number of hydrogen-bond acceptors (Lipinski definition) is 4. The molecule has 0 atom stereocenters. The zero-order valence-electron chi connectivity index (χ0n) is 8.51. The minimum atomic E-state index is 0.311. The van der Waals surface area contributed by atoms with E-state index in [4.69, 9.17) is 5.26 Å². The van der Waals surface area contributed by atoms with Crippen LogP contribution in [0.25, 0.3) is 0 Å². The normalized spacial score (nSPS) is 9.86. The summed E-state index contributed by atoms with van der Waals surface area (Å²) in [5.74, 6) is 0.692. The third kappa shape index (κ3) is 2.70. The summed E-state index contributed by atoms with van der Waals surface area (Å²) in [6.45, 7) is 4.81. The average molecular weight is 190 g/mol. The zero-order valence-corrected chi connectivity index (χ0v) is 8.51. The molecule has 0 aliphatic rings. The van der Waals surface area contributed by atoms with Crippen molar-refractivity contribution in [1.29, 1.82) is 5.26 Å². The molecular formula is C10H14N4. The molecule has 0 aliphatic carbocycles. The van der Waals surface area contributed by atoms with Gasteiger partial charge >= 0.3 is 0 Å². The molecule has 14 heavy (non-hydrogen) atoms. The van der Waals surface area contributed by atoms with Crippen LogP contribution >= 0.6 is 0 Å².